The number of para-hydroxylation sites is 3. The van der Waals surface area contributed by atoms with Crippen molar-refractivity contribution >= 4 is 71.2 Å². The summed E-state index contributed by atoms with van der Waals surface area (Å²) in [6.07, 6.45) is 0. The maximum Gasteiger partial charge on any atom is 0.0562 e. The van der Waals surface area contributed by atoms with Gasteiger partial charge in [0.25, 0.3) is 0 Å². The van der Waals surface area contributed by atoms with Gasteiger partial charge in [0.2, 0.25) is 0 Å². The Bertz CT molecular complexity index is 2830. The van der Waals surface area contributed by atoms with Crippen LogP contribution >= 0.6 is 0 Å². The van der Waals surface area contributed by atoms with Crippen molar-refractivity contribution in [2.24, 2.45) is 0 Å². The van der Waals surface area contributed by atoms with Gasteiger partial charge in [-0.3, -0.25) is 0 Å². The molecule has 0 aliphatic heterocycles. The molecule has 0 aliphatic carbocycles. The fourth-order valence-corrected chi connectivity index (χ4v) is 8.02. The monoisotopic (exact) mass is 636 g/mol. The number of nitrogens with zero attached hydrogens (tertiary/aromatic N) is 2. The number of hydrogen-bond donors (Lipinski definition) is 0. The first-order valence-corrected chi connectivity index (χ1v) is 17.2. The lowest BCUT2D eigenvalue weighted by Gasteiger charge is -2.29. The number of aromatic nitrogens is 1. The van der Waals surface area contributed by atoms with Crippen molar-refractivity contribution in [2.75, 3.05) is 4.90 Å². The van der Waals surface area contributed by atoms with Gasteiger partial charge in [-0.2, -0.15) is 0 Å². The van der Waals surface area contributed by atoms with Crippen molar-refractivity contribution in [3.8, 4) is 16.8 Å². The summed E-state index contributed by atoms with van der Waals surface area (Å²) < 4.78 is 2.40. The van der Waals surface area contributed by atoms with Crippen LogP contribution in [0.1, 0.15) is 0 Å². The molecule has 0 atom stereocenters. The molecular formula is C48H32N2. The zero-order valence-electron chi connectivity index (χ0n) is 27.4. The molecule has 50 heavy (non-hydrogen) atoms. The van der Waals surface area contributed by atoms with E-state index in [-0.39, 0.29) is 0 Å². The smallest absolute Gasteiger partial charge is 0.0562 e. The van der Waals surface area contributed by atoms with Crippen LogP contribution in [0.2, 0.25) is 0 Å². The molecule has 0 saturated carbocycles. The second-order valence-electron chi connectivity index (χ2n) is 12.9. The molecule has 0 spiro atoms. The van der Waals surface area contributed by atoms with Gasteiger partial charge in [-0.25, -0.2) is 0 Å². The van der Waals surface area contributed by atoms with Gasteiger partial charge in [0.1, 0.15) is 0 Å². The Morgan fingerprint density at radius 3 is 1.58 bits per heavy atom. The second kappa shape index (κ2) is 11.5. The third-order valence-electron chi connectivity index (χ3n) is 10.1. The molecule has 0 amide bonds. The lowest BCUT2D eigenvalue weighted by atomic mass is 9.93. The summed E-state index contributed by atoms with van der Waals surface area (Å²) in [4.78, 5) is 2.48. The Morgan fingerprint density at radius 1 is 0.340 bits per heavy atom. The Labute approximate surface area is 290 Å². The summed E-state index contributed by atoms with van der Waals surface area (Å²) in [7, 11) is 0. The molecule has 1 heterocycles. The van der Waals surface area contributed by atoms with Gasteiger partial charge >= 0.3 is 0 Å². The van der Waals surface area contributed by atoms with Crippen LogP contribution in [0.25, 0.3) is 70.9 Å². The van der Waals surface area contributed by atoms with Gasteiger partial charge in [0.15, 0.2) is 0 Å². The van der Waals surface area contributed by atoms with E-state index in [1.165, 1.54) is 65.3 Å². The van der Waals surface area contributed by atoms with Gasteiger partial charge in [-0.15, -0.1) is 0 Å². The fraction of sp³-hybridized carbons (Fsp3) is 0. The molecule has 9 aromatic carbocycles. The third-order valence-corrected chi connectivity index (χ3v) is 10.1. The minimum Gasteiger partial charge on any atom is -0.309 e. The van der Waals surface area contributed by atoms with Crippen LogP contribution in [0.5, 0.6) is 0 Å². The zero-order valence-corrected chi connectivity index (χ0v) is 27.4. The highest BCUT2D eigenvalue weighted by molar-refractivity contribution is 6.26. The molecule has 0 bridgehead atoms. The fourth-order valence-electron chi connectivity index (χ4n) is 8.02. The van der Waals surface area contributed by atoms with Crippen LogP contribution in [-0.4, -0.2) is 4.57 Å². The van der Waals surface area contributed by atoms with E-state index in [4.69, 9.17) is 0 Å². The summed E-state index contributed by atoms with van der Waals surface area (Å²) in [5.41, 5.74) is 9.27. The molecule has 10 rings (SSSR count). The predicted octanol–water partition coefficient (Wildman–Crippen LogP) is 13.4. The summed E-state index contributed by atoms with van der Waals surface area (Å²) in [5.74, 6) is 0. The molecule has 0 unspecified atom stereocenters. The average Bonchev–Trinajstić information content (AvgIpc) is 3.54. The Kier molecular flexibility index (Phi) is 6.53. The van der Waals surface area contributed by atoms with Gasteiger partial charge < -0.3 is 9.47 Å². The molecule has 10 aromatic rings. The highest BCUT2D eigenvalue weighted by atomic mass is 15.2. The summed E-state index contributed by atoms with van der Waals surface area (Å²) in [5, 5.41) is 10.1. The Balaban J connectivity index is 1.33. The first kappa shape index (κ1) is 28.4. The van der Waals surface area contributed by atoms with Crippen LogP contribution in [-0.2, 0) is 0 Å². The van der Waals surface area contributed by atoms with E-state index in [9.17, 15) is 0 Å². The summed E-state index contributed by atoms with van der Waals surface area (Å²) in [6, 6.07) is 70.5. The van der Waals surface area contributed by atoms with Gasteiger partial charge in [-0.1, -0.05) is 146 Å². The standard InChI is InChI=1S/C48H32N2/c1-3-16-33(17-4-1)36-20-11-13-26-44(36)50(35-30-31-41-39-23-8-7-21-37(39)38-22-9-10-24-40(38)43(41)32-35)47-29-15-28-46-48(47)42-25-12-14-27-45(42)49(46)34-18-5-2-6-19-34/h1-32H. The summed E-state index contributed by atoms with van der Waals surface area (Å²) >= 11 is 0. The molecule has 2 heteroatoms. The van der Waals surface area contributed by atoms with E-state index in [2.05, 4.69) is 204 Å². The van der Waals surface area contributed by atoms with E-state index < -0.39 is 0 Å². The van der Waals surface area contributed by atoms with Crippen molar-refractivity contribution in [1.29, 1.82) is 0 Å². The maximum absolute atomic E-state index is 2.48. The molecule has 0 radical (unpaired) electrons. The van der Waals surface area contributed by atoms with Crippen molar-refractivity contribution in [1.82, 2.24) is 4.57 Å². The first-order valence-electron chi connectivity index (χ1n) is 17.2. The lowest BCUT2D eigenvalue weighted by Crippen LogP contribution is -2.12. The minimum absolute atomic E-state index is 1.12. The molecule has 2 nitrogen and oxygen atoms in total. The number of benzene rings is 9. The molecule has 1 aromatic heterocycles. The summed E-state index contributed by atoms with van der Waals surface area (Å²) in [6.45, 7) is 0. The van der Waals surface area contributed by atoms with Gasteiger partial charge in [0.05, 0.1) is 22.4 Å². The minimum atomic E-state index is 1.12. The number of hydrogen-bond acceptors (Lipinski definition) is 1. The van der Waals surface area contributed by atoms with Crippen molar-refractivity contribution in [2.45, 2.75) is 0 Å². The molecule has 0 saturated heterocycles. The number of fused-ring (bicyclic) bond motifs is 9. The van der Waals surface area contributed by atoms with Crippen LogP contribution < -0.4 is 4.90 Å². The molecule has 234 valence electrons. The van der Waals surface area contributed by atoms with Crippen LogP contribution in [0, 0.1) is 0 Å². The third kappa shape index (κ3) is 4.36. The number of rotatable bonds is 5. The van der Waals surface area contributed by atoms with E-state index >= 15 is 0 Å². The number of anilines is 3. The van der Waals surface area contributed by atoms with Gasteiger partial charge in [0, 0.05) is 27.7 Å². The predicted molar refractivity (Wildman–Crippen MR) is 213 cm³/mol. The lowest BCUT2D eigenvalue weighted by molar-refractivity contribution is 1.18. The largest absolute Gasteiger partial charge is 0.309 e. The van der Waals surface area contributed by atoms with Crippen molar-refractivity contribution in [3.63, 3.8) is 0 Å². The SMILES string of the molecule is c1ccc(-c2ccccc2N(c2ccc3c4ccccc4c4ccccc4c3c2)c2cccc3c2c2ccccc2n3-c2ccccc2)cc1. The highest BCUT2D eigenvalue weighted by Gasteiger charge is 2.23. The van der Waals surface area contributed by atoms with E-state index in [0.29, 0.717) is 0 Å². The normalized spacial score (nSPS) is 11.6. The first-order chi connectivity index (χ1) is 24.8. The molecule has 0 aliphatic rings. The highest BCUT2D eigenvalue weighted by Crippen LogP contribution is 2.47. The Hall–Kier alpha value is -6.64. The topological polar surface area (TPSA) is 8.17 Å². The maximum atomic E-state index is 2.48. The van der Waals surface area contributed by atoms with Gasteiger partial charge in [-0.05, 0) is 86.4 Å². The van der Waals surface area contributed by atoms with E-state index in [0.717, 1.165) is 22.7 Å². The van der Waals surface area contributed by atoms with Crippen LogP contribution in [0.4, 0.5) is 17.1 Å². The molecule has 0 fully saturated rings. The average molecular weight is 637 g/mol. The van der Waals surface area contributed by atoms with Crippen LogP contribution in [0.3, 0.4) is 0 Å². The van der Waals surface area contributed by atoms with Crippen molar-refractivity contribution < 1.29 is 0 Å². The van der Waals surface area contributed by atoms with E-state index in [1.54, 1.807) is 0 Å². The van der Waals surface area contributed by atoms with Crippen LogP contribution in [0.15, 0.2) is 194 Å². The molecular weight excluding hydrogens is 605 g/mol. The van der Waals surface area contributed by atoms with E-state index in [1.807, 2.05) is 0 Å². The molecule has 0 N–H and O–H groups in total. The zero-order chi connectivity index (χ0) is 33.0. The Morgan fingerprint density at radius 2 is 0.860 bits per heavy atom. The second-order valence-corrected chi connectivity index (χ2v) is 12.9. The van der Waals surface area contributed by atoms with Crippen molar-refractivity contribution in [3.05, 3.63) is 194 Å². The quantitative estimate of drug-likeness (QED) is 0.171.